The van der Waals surface area contributed by atoms with Crippen molar-refractivity contribution in [1.82, 2.24) is 30.7 Å². The summed E-state index contributed by atoms with van der Waals surface area (Å²) in [4.78, 5) is 13.6. The van der Waals surface area contributed by atoms with E-state index >= 15 is 0 Å². The molecule has 11 nitrogen and oxygen atoms in total. The lowest BCUT2D eigenvalue weighted by atomic mass is 10.1. The molecule has 1 amide bonds. The molecular formula is C18H16N8O3S. The number of carbonyl (C=O) groups excluding carboxylic acids is 1. The van der Waals surface area contributed by atoms with Crippen LogP contribution in [0.3, 0.4) is 0 Å². The number of hydrogen-bond acceptors (Lipinski definition) is 10. The lowest BCUT2D eigenvalue weighted by Crippen LogP contribution is -2.20. The van der Waals surface area contributed by atoms with Crippen LogP contribution in [0.1, 0.15) is 23.0 Å². The lowest BCUT2D eigenvalue weighted by molar-refractivity contribution is 0.0950. The minimum atomic E-state index is -0.535. The molecule has 0 aliphatic rings. The van der Waals surface area contributed by atoms with E-state index in [2.05, 4.69) is 35.8 Å². The molecule has 3 heterocycles. The summed E-state index contributed by atoms with van der Waals surface area (Å²) in [6.07, 6.45) is 0. The minimum Gasteiger partial charge on any atom is -0.497 e. The van der Waals surface area contributed by atoms with Gasteiger partial charge in [0.25, 0.3) is 5.91 Å². The van der Waals surface area contributed by atoms with Crippen LogP contribution in [0.2, 0.25) is 0 Å². The van der Waals surface area contributed by atoms with Crippen LogP contribution in [0.5, 0.6) is 5.75 Å². The summed E-state index contributed by atoms with van der Waals surface area (Å²) >= 11 is 1.41. The molecule has 0 bridgehead atoms. The number of nitrogens with zero attached hydrogens (tertiary/aromatic N) is 6. The van der Waals surface area contributed by atoms with Gasteiger partial charge in [0.15, 0.2) is 5.69 Å². The second kappa shape index (κ2) is 8.13. The Morgan fingerprint density at radius 3 is 2.70 bits per heavy atom. The number of carbonyl (C=O) groups is 1. The predicted molar refractivity (Wildman–Crippen MR) is 110 cm³/mol. The SMILES string of the molecule is COc1ccc(/C(C)=N\NC(=O)c2nnn(-c3nonc3N)c2-c2cccs2)cc1. The Labute approximate surface area is 174 Å². The Morgan fingerprint density at radius 2 is 2.07 bits per heavy atom. The number of aromatic nitrogens is 5. The monoisotopic (exact) mass is 424 g/mol. The smallest absolute Gasteiger partial charge is 0.294 e. The molecule has 4 rings (SSSR count). The van der Waals surface area contributed by atoms with E-state index in [1.54, 1.807) is 14.0 Å². The highest BCUT2D eigenvalue weighted by molar-refractivity contribution is 7.13. The molecule has 0 saturated carbocycles. The van der Waals surface area contributed by atoms with Gasteiger partial charge < -0.3 is 10.5 Å². The van der Waals surface area contributed by atoms with Crippen LogP contribution in [0, 0.1) is 0 Å². The molecule has 0 aliphatic heterocycles. The van der Waals surface area contributed by atoms with Crippen molar-refractivity contribution in [2.45, 2.75) is 6.92 Å². The normalized spacial score (nSPS) is 11.5. The molecule has 0 unspecified atom stereocenters. The fourth-order valence-electron chi connectivity index (χ4n) is 2.64. The summed E-state index contributed by atoms with van der Waals surface area (Å²) in [6, 6.07) is 11.0. The number of nitrogens with one attached hydrogen (secondary N) is 1. The molecule has 4 aromatic rings. The average Bonchev–Trinajstić information content (AvgIpc) is 3.51. The minimum absolute atomic E-state index is 0.0260. The van der Waals surface area contributed by atoms with Crippen LogP contribution < -0.4 is 15.9 Å². The van der Waals surface area contributed by atoms with Crippen molar-refractivity contribution in [1.29, 1.82) is 0 Å². The maximum Gasteiger partial charge on any atom is 0.294 e. The van der Waals surface area contributed by atoms with E-state index in [-0.39, 0.29) is 17.3 Å². The molecule has 0 radical (unpaired) electrons. The third kappa shape index (κ3) is 3.63. The van der Waals surface area contributed by atoms with Crippen molar-refractivity contribution in [3.05, 3.63) is 53.0 Å². The second-order valence-corrected chi connectivity index (χ2v) is 6.96. The number of rotatable bonds is 6. The van der Waals surface area contributed by atoms with E-state index < -0.39 is 5.91 Å². The maximum absolute atomic E-state index is 12.8. The number of ether oxygens (including phenoxy) is 1. The third-order valence-corrected chi connectivity index (χ3v) is 5.05. The van der Waals surface area contributed by atoms with E-state index in [1.165, 1.54) is 16.0 Å². The highest BCUT2D eigenvalue weighted by atomic mass is 32.1. The van der Waals surface area contributed by atoms with Gasteiger partial charge in [0.05, 0.1) is 17.7 Å². The Morgan fingerprint density at radius 1 is 1.27 bits per heavy atom. The summed E-state index contributed by atoms with van der Waals surface area (Å²) in [6.45, 7) is 1.78. The highest BCUT2D eigenvalue weighted by Crippen LogP contribution is 2.29. The van der Waals surface area contributed by atoms with E-state index in [1.807, 2.05) is 41.8 Å². The summed E-state index contributed by atoms with van der Waals surface area (Å²) in [7, 11) is 1.59. The largest absolute Gasteiger partial charge is 0.497 e. The van der Waals surface area contributed by atoms with Gasteiger partial charge in [-0.3, -0.25) is 4.79 Å². The van der Waals surface area contributed by atoms with E-state index in [0.29, 0.717) is 11.4 Å². The summed E-state index contributed by atoms with van der Waals surface area (Å²) in [5, 5.41) is 21.3. The first-order valence-electron chi connectivity index (χ1n) is 8.65. The molecule has 12 heteroatoms. The fraction of sp³-hybridized carbons (Fsp3) is 0.111. The van der Waals surface area contributed by atoms with Crippen LogP contribution in [0.25, 0.3) is 16.4 Å². The zero-order valence-electron chi connectivity index (χ0n) is 15.9. The Hall–Kier alpha value is -4.06. The van der Waals surface area contributed by atoms with Gasteiger partial charge in [-0.25, -0.2) is 10.1 Å². The predicted octanol–water partition coefficient (Wildman–Crippen LogP) is 2.12. The number of hydrazone groups is 1. The molecule has 3 aromatic heterocycles. The van der Waals surface area contributed by atoms with Crippen molar-refractivity contribution in [2.24, 2.45) is 5.10 Å². The Balaban J connectivity index is 1.64. The lowest BCUT2D eigenvalue weighted by Gasteiger charge is -2.05. The number of thiophene rings is 1. The zero-order valence-corrected chi connectivity index (χ0v) is 16.8. The van der Waals surface area contributed by atoms with Gasteiger partial charge in [0.2, 0.25) is 11.6 Å². The Bertz CT molecular complexity index is 1190. The number of amides is 1. The van der Waals surface area contributed by atoms with Crippen molar-refractivity contribution >= 4 is 28.8 Å². The molecule has 3 N–H and O–H groups in total. The van der Waals surface area contributed by atoms with Gasteiger partial charge in [-0.1, -0.05) is 11.3 Å². The van der Waals surface area contributed by atoms with Gasteiger partial charge >= 0.3 is 0 Å². The number of anilines is 1. The molecule has 0 atom stereocenters. The molecule has 152 valence electrons. The van der Waals surface area contributed by atoms with Crippen molar-refractivity contribution < 1.29 is 14.2 Å². The van der Waals surface area contributed by atoms with Crippen LogP contribution in [-0.4, -0.2) is 44.0 Å². The molecule has 0 aliphatic carbocycles. The van der Waals surface area contributed by atoms with Crippen LogP contribution >= 0.6 is 11.3 Å². The number of methoxy groups -OCH3 is 1. The highest BCUT2D eigenvalue weighted by Gasteiger charge is 2.25. The van der Waals surface area contributed by atoms with E-state index in [4.69, 9.17) is 10.5 Å². The topological polar surface area (TPSA) is 146 Å². The van der Waals surface area contributed by atoms with E-state index in [9.17, 15) is 4.79 Å². The molecule has 1 aromatic carbocycles. The van der Waals surface area contributed by atoms with Gasteiger partial charge in [0.1, 0.15) is 11.4 Å². The maximum atomic E-state index is 12.8. The first-order chi connectivity index (χ1) is 14.6. The van der Waals surface area contributed by atoms with Gasteiger partial charge in [-0.05, 0) is 58.5 Å². The van der Waals surface area contributed by atoms with Crippen molar-refractivity contribution in [3.8, 4) is 22.1 Å². The molecular weight excluding hydrogens is 408 g/mol. The quantitative estimate of drug-likeness (QED) is 0.353. The molecule has 0 saturated heterocycles. The van der Waals surface area contributed by atoms with Crippen LogP contribution in [0.15, 0.2) is 51.5 Å². The Kier molecular flexibility index (Phi) is 5.22. The third-order valence-electron chi connectivity index (χ3n) is 4.17. The fourth-order valence-corrected chi connectivity index (χ4v) is 3.40. The molecule has 0 fully saturated rings. The standard InChI is InChI=1S/C18H16N8O3S/c1-10(11-5-7-12(28-2)8-6-11)20-22-18(27)14-15(13-4-3-9-30-13)26(25-21-14)17-16(19)23-29-24-17/h3-9H,1-2H3,(H2,19,23)(H,22,27)/b20-10-. The number of nitrogens with two attached hydrogens (primary N) is 1. The van der Waals surface area contributed by atoms with Crippen LogP contribution in [-0.2, 0) is 0 Å². The zero-order chi connectivity index (χ0) is 21.1. The van der Waals surface area contributed by atoms with Crippen LogP contribution in [0.4, 0.5) is 5.82 Å². The average molecular weight is 424 g/mol. The van der Waals surface area contributed by atoms with E-state index in [0.717, 1.165) is 16.2 Å². The molecule has 30 heavy (non-hydrogen) atoms. The summed E-state index contributed by atoms with van der Waals surface area (Å²) < 4.78 is 11.1. The van der Waals surface area contributed by atoms with Crippen molar-refractivity contribution in [3.63, 3.8) is 0 Å². The van der Waals surface area contributed by atoms with Gasteiger partial charge in [-0.2, -0.15) is 9.78 Å². The summed E-state index contributed by atoms with van der Waals surface area (Å²) in [5.74, 6) is 0.364. The van der Waals surface area contributed by atoms with Crippen molar-refractivity contribution in [2.75, 3.05) is 12.8 Å². The number of nitrogen functional groups attached to an aromatic ring is 1. The molecule has 0 spiro atoms. The number of hydrogen-bond donors (Lipinski definition) is 2. The summed E-state index contributed by atoms with van der Waals surface area (Å²) in [5.41, 5.74) is 10.2. The number of benzene rings is 1. The first kappa shape index (κ1) is 19.3. The van der Waals surface area contributed by atoms with Gasteiger partial charge in [-0.15, -0.1) is 16.4 Å². The first-order valence-corrected chi connectivity index (χ1v) is 9.53. The van der Waals surface area contributed by atoms with Gasteiger partial charge in [0, 0.05) is 0 Å². The second-order valence-electron chi connectivity index (χ2n) is 6.02.